The summed E-state index contributed by atoms with van der Waals surface area (Å²) < 4.78 is 2.13. The Balaban J connectivity index is 1.50. The van der Waals surface area contributed by atoms with E-state index in [1.165, 1.54) is 11.1 Å². The van der Waals surface area contributed by atoms with Gasteiger partial charge in [0.25, 0.3) is 0 Å². The Morgan fingerprint density at radius 2 is 1.80 bits per heavy atom. The van der Waals surface area contributed by atoms with Gasteiger partial charge in [0.2, 0.25) is 0 Å². The number of aliphatic hydroxyl groups excluding tert-OH is 1. The molecule has 1 aliphatic heterocycles. The second-order valence-corrected chi connectivity index (χ2v) is 6.32. The fourth-order valence-electron chi connectivity index (χ4n) is 3.64. The lowest BCUT2D eigenvalue weighted by Crippen LogP contribution is -2.11. The average Bonchev–Trinajstić information content (AvgIpc) is 3.24. The topological polar surface area (TPSA) is 63.8 Å². The van der Waals surface area contributed by atoms with Crippen LogP contribution in [0.25, 0.3) is 22.3 Å². The van der Waals surface area contributed by atoms with Gasteiger partial charge in [-0.15, -0.1) is 0 Å². The Kier molecular flexibility index (Phi) is 3.15. The normalized spacial score (nSPS) is 16.6. The number of aliphatic hydroxyl groups is 1. The van der Waals surface area contributed by atoms with Gasteiger partial charge < -0.3 is 9.67 Å². The molecule has 0 amide bonds. The van der Waals surface area contributed by atoms with E-state index in [1.54, 1.807) is 6.20 Å². The van der Waals surface area contributed by atoms with E-state index in [4.69, 9.17) is 0 Å². The molecule has 2 atom stereocenters. The summed E-state index contributed by atoms with van der Waals surface area (Å²) >= 11 is 0. The molecule has 0 bridgehead atoms. The van der Waals surface area contributed by atoms with Crippen LogP contribution in [0, 0.1) is 0 Å². The van der Waals surface area contributed by atoms with E-state index in [9.17, 15) is 5.11 Å². The van der Waals surface area contributed by atoms with E-state index in [0.29, 0.717) is 12.1 Å². The van der Waals surface area contributed by atoms with Gasteiger partial charge in [0, 0.05) is 12.0 Å². The molecule has 122 valence electrons. The van der Waals surface area contributed by atoms with Crippen molar-refractivity contribution in [2.24, 2.45) is 0 Å². The predicted molar refractivity (Wildman–Crippen MR) is 94.9 cm³/mol. The van der Waals surface area contributed by atoms with Crippen molar-refractivity contribution in [3.63, 3.8) is 0 Å². The van der Waals surface area contributed by atoms with Crippen molar-refractivity contribution < 1.29 is 5.11 Å². The molecule has 1 aliphatic rings. The maximum Gasteiger partial charge on any atom is 0.0998 e. The summed E-state index contributed by atoms with van der Waals surface area (Å²) in [6, 6.07) is 16.0. The fourth-order valence-corrected chi connectivity index (χ4v) is 3.64. The van der Waals surface area contributed by atoms with Crippen LogP contribution in [0.4, 0.5) is 0 Å². The van der Waals surface area contributed by atoms with Gasteiger partial charge in [-0.1, -0.05) is 36.4 Å². The van der Waals surface area contributed by atoms with E-state index in [1.807, 2.05) is 48.9 Å². The molecule has 3 heterocycles. The first kappa shape index (κ1) is 14.3. The van der Waals surface area contributed by atoms with E-state index in [2.05, 4.69) is 31.7 Å². The second kappa shape index (κ2) is 5.50. The molecule has 5 rings (SSSR count). The van der Waals surface area contributed by atoms with Gasteiger partial charge in [-0.3, -0.25) is 4.98 Å². The van der Waals surface area contributed by atoms with Crippen molar-refractivity contribution in [2.75, 3.05) is 0 Å². The van der Waals surface area contributed by atoms with E-state index >= 15 is 0 Å². The predicted octanol–water partition coefficient (Wildman–Crippen LogP) is 3.52. The Morgan fingerprint density at radius 3 is 2.72 bits per heavy atom. The minimum atomic E-state index is -0.691. The number of para-hydroxylation sites is 2. The molecule has 5 heteroatoms. The van der Waals surface area contributed by atoms with Gasteiger partial charge in [-0.25, -0.2) is 9.97 Å². The number of imidazole rings is 1. The van der Waals surface area contributed by atoms with Gasteiger partial charge in [-0.2, -0.15) is 0 Å². The summed E-state index contributed by atoms with van der Waals surface area (Å²) in [4.78, 5) is 13.3. The number of hydrogen-bond acceptors (Lipinski definition) is 4. The molecule has 2 aromatic heterocycles. The van der Waals surface area contributed by atoms with E-state index < -0.39 is 6.10 Å². The third-order valence-electron chi connectivity index (χ3n) is 4.85. The zero-order chi connectivity index (χ0) is 16.8. The number of nitrogens with zero attached hydrogens (tertiary/aromatic N) is 4. The fraction of sp³-hybridized carbons (Fsp3) is 0.150. The third kappa shape index (κ3) is 2.24. The molecule has 0 spiro atoms. The van der Waals surface area contributed by atoms with Crippen molar-refractivity contribution in [2.45, 2.75) is 18.6 Å². The maximum absolute atomic E-state index is 10.8. The van der Waals surface area contributed by atoms with Gasteiger partial charge in [-0.05, 0) is 17.7 Å². The van der Waals surface area contributed by atoms with Crippen LogP contribution < -0.4 is 0 Å². The second-order valence-electron chi connectivity index (χ2n) is 6.32. The third-order valence-corrected chi connectivity index (χ3v) is 4.85. The highest BCUT2D eigenvalue weighted by atomic mass is 16.3. The molecule has 4 aromatic rings. The van der Waals surface area contributed by atoms with Crippen LogP contribution in [-0.4, -0.2) is 24.6 Å². The molecule has 0 saturated heterocycles. The summed E-state index contributed by atoms with van der Waals surface area (Å²) in [6.07, 6.45) is 5.22. The minimum Gasteiger partial charge on any atom is -0.387 e. The number of hydrogen-bond donors (Lipinski definition) is 1. The highest BCUT2D eigenvalue weighted by Crippen LogP contribution is 2.42. The van der Waals surface area contributed by atoms with Crippen LogP contribution in [0.15, 0.2) is 67.3 Å². The summed E-state index contributed by atoms with van der Waals surface area (Å²) in [5.74, 6) is 0. The smallest absolute Gasteiger partial charge is 0.0998 e. The van der Waals surface area contributed by atoms with Gasteiger partial charge >= 0.3 is 0 Å². The summed E-state index contributed by atoms with van der Waals surface area (Å²) in [7, 11) is 0. The zero-order valence-corrected chi connectivity index (χ0v) is 13.4. The highest BCUT2D eigenvalue weighted by molar-refractivity contribution is 5.73. The Morgan fingerprint density at radius 1 is 1.00 bits per heavy atom. The van der Waals surface area contributed by atoms with Crippen molar-refractivity contribution in [1.82, 2.24) is 19.5 Å². The summed E-state index contributed by atoms with van der Waals surface area (Å²) in [5.41, 5.74) is 5.73. The first-order chi connectivity index (χ1) is 12.3. The molecule has 0 fully saturated rings. The van der Waals surface area contributed by atoms with Crippen LogP contribution >= 0.6 is 0 Å². The number of aromatic nitrogens is 4. The first-order valence-electron chi connectivity index (χ1n) is 8.32. The molecule has 0 aliphatic carbocycles. The molecular formula is C20H16N4O. The lowest BCUT2D eigenvalue weighted by molar-refractivity contribution is 0.149. The van der Waals surface area contributed by atoms with Gasteiger partial charge in [0.05, 0.1) is 53.3 Å². The van der Waals surface area contributed by atoms with Crippen LogP contribution in [0.2, 0.25) is 0 Å². The zero-order valence-electron chi connectivity index (χ0n) is 13.4. The Hall–Kier alpha value is -3.05. The lowest BCUT2D eigenvalue weighted by atomic mass is 9.98. The minimum absolute atomic E-state index is 0.0528. The molecule has 1 N–H and O–H groups in total. The standard InChI is InChI=1S/C20H16N4O/c25-20(17-10-22-15-7-3-4-8-16(15)23-17)9-18-13-5-1-2-6-14(13)19-11-21-12-24(18)19/h1-8,10-12,18,20,25H,9H2. The molecule has 2 aromatic carbocycles. The number of rotatable bonds is 3. The largest absolute Gasteiger partial charge is 0.387 e. The van der Waals surface area contributed by atoms with Gasteiger partial charge in [0.15, 0.2) is 0 Å². The van der Waals surface area contributed by atoms with Crippen LogP contribution in [0.3, 0.4) is 0 Å². The lowest BCUT2D eigenvalue weighted by Gasteiger charge is -2.18. The Labute approximate surface area is 144 Å². The van der Waals surface area contributed by atoms with Crippen molar-refractivity contribution >= 4 is 11.0 Å². The SMILES string of the molecule is OC(CC1c2ccccc2-c2cncn21)c1cnc2ccccc2n1. The molecule has 0 radical (unpaired) electrons. The average molecular weight is 328 g/mol. The molecule has 5 nitrogen and oxygen atoms in total. The number of fused-ring (bicyclic) bond motifs is 4. The quantitative estimate of drug-likeness (QED) is 0.625. The van der Waals surface area contributed by atoms with Crippen LogP contribution in [0.5, 0.6) is 0 Å². The highest BCUT2D eigenvalue weighted by Gasteiger charge is 2.30. The van der Waals surface area contributed by atoms with Crippen molar-refractivity contribution in [1.29, 1.82) is 0 Å². The van der Waals surface area contributed by atoms with Crippen LogP contribution in [0.1, 0.15) is 29.8 Å². The number of benzene rings is 2. The Bertz CT molecular complexity index is 1070. The maximum atomic E-state index is 10.8. The van der Waals surface area contributed by atoms with Crippen LogP contribution in [-0.2, 0) is 0 Å². The summed E-state index contributed by atoms with van der Waals surface area (Å²) in [5, 5.41) is 10.8. The van der Waals surface area contributed by atoms with Crippen molar-refractivity contribution in [3.05, 3.63) is 78.5 Å². The van der Waals surface area contributed by atoms with Crippen molar-refractivity contribution in [3.8, 4) is 11.3 Å². The molecule has 0 saturated carbocycles. The monoisotopic (exact) mass is 328 g/mol. The summed E-state index contributed by atoms with van der Waals surface area (Å²) in [6.45, 7) is 0. The molecular weight excluding hydrogens is 312 g/mol. The molecule has 25 heavy (non-hydrogen) atoms. The van der Waals surface area contributed by atoms with E-state index in [-0.39, 0.29) is 6.04 Å². The molecule has 2 unspecified atom stereocenters. The van der Waals surface area contributed by atoms with E-state index in [0.717, 1.165) is 16.7 Å². The first-order valence-corrected chi connectivity index (χ1v) is 8.32. The van der Waals surface area contributed by atoms with Gasteiger partial charge in [0.1, 0.15) is 0 Å².